The Bertz CT molecular complexity index is 632. The summed E-state index contributed by atoms with van der Waals surface area (Å²) in [6.07, 6.45) is -0.931. The molecule has 1 aromatic rings. The van der Waals surface area contributed by atoms with Crippen LogP contribution in [0.4, 0.5) is 10.5 Å². The zero-order valence-corrected chi connectivity index (χ0v) is 12.2. The molecule has 0 unspecified atom stereocenters. The second-order valence-corrected chi connectivity index (χ2v) is 5.63. The van der Waals surface area contributed by atoms with Crippen molar-refractivity contribution in [3.63, 3.8) is 0 Å². The van der Waals surface area contributed by atoms with Gasteiger partial charge in [0, 0.05) is 31.1 Å². The van der Waals surface area contributed by atoms with Gasteiger partial charge in [0.05, 0.1) is 4.92 Å². The number of nitrogens with two attached hydrogens (primary N) is 1. The number of rotatable bonds is 4. The zero-order valence-electron chi connectivity index (χ0n) is 12.2. The number of nitro groups is 1. The molecular weight excluding hydrogens is 306 g/mol. The normalized spacial score (nSPS) is 24.2. The first kappa shape index (κ1) is 16.7. The van der Waals surface area contributed by atoms with E-state index in [-0.39, 0.29) is 25.1 Å². The average molecular weight is 323 g/mol. The number of carboxylic acid groups (broad SMARTS) is 2. The van der Waals surface area contributed by atoms with Gasteiger partial charge in [0.15, 0.2) is 0 Å². The minimum Gasteiger partial charge on any atom is -0.479 e. The van der Waals surface area contributed by atoms with Gasteiger partial charge in [0.25, 0.3) is 5.69 Å². The summed E-state index contributed by atoms with van der Waals surface area (Å²) in [6, 6.07) is 5.01. The average Bonchev–Trinajstić information content (AvgIpc) is 2.49. The van der Waals surface area contributed by atoms with E-state index in [1.54, 1.807) is 0 Å². The fourth-order valence-electron chi connectivity index (χ4n) is 2.88. The van der Waals surface area contributed by atoms with Gasteiger partial charge in [-0.3, -0.25) is 15.0 Å². The Hall–Kier alpha value is -2.68. The molecular formula is C14H17N3O6. The molecule has 2 atom stereocenters. The number of amides is 1. The Labute approximate surface area is 131 Å². The minimum absolute atomic E-state index is 0.0609. The number of nitro benzene ring substituents is 1. The number of likely N-dealkylation sites (tertiary alicyclic amines) is 1. The standard InChI is InChI=1S/C14H17N3O6/c15-10-5-6-14(12(18)19,16(8-10)13(20)21)7-9-1-3-11(4-2-9)17(22)23/h1-4,10H,5-8,15H2,(H,18,19)(H,20,21)/t10-,14-/m1/s1. The molecule has 1 amide bonds. The van der Waals surface area contributed by atoms with Crippen molar-refractivity contribution in [2.75, 3.05) is 6.54 Å². The van der Waals surface area contributed by atoms with Crippen molar-refractivity contribution in [2.45, 2.75) is 30.8 Å². The van der Waals surface area contributed by atoms with Gasteiger partial charge in [-0.25, -0.2) is 9.59 Å². The van der Waals surface area contributed by atoms with Gasteiger partial charge >= 0.3 is 12.1 Å². The molecule has 0 saturated carbocycles. The van der Waals surface area contributed by atoms with E-state index in [9.17, 15) is 29.9 Å². The van der Waals surface area contributed by atoms with Crippen LogP contribution in [0.15, 0.2) is 24.3 Å². The SMILES string of the molecule is N[C@@H]1CC[C@@](Cc2ccc([N+](=O)[O-])cc2)(C(=O)O)N(C(=O)O)C1. The summed E-state index contributed by atoms with van der Waals surface area (Å²) in [6.45, 7) is -0.0609. The van der Waals surface area contributed by atoms with E-state index in [0.29, 0.717) is 12.0 Å². The Balaban J connectivity index is 2.34. The van der Waals surface area contributed by atoms with Crippen molar-refractivity contribution in [1.29, 1.82) is 0 Å². The monoisotopic (exact) mass is 323 g/mol. The summed E-state index contributed by atoms with van der Waals surface area (Å²) in [4.78, 5) is 34.3. The Kier molecular flexibility index (Phi) is 4.50. The molecule has 9 nitrogen and oxygen atoms in total. The predicted octanol–water partition coefficient (Wildman–Crippen LogP) is 1.06. The smallest absolute Gasteiger partial charge is 0.408 e. The van der Waals surface area contributed by atoms with Crippen LogP contribution in [-0.2, 0) is 11.2 Å². The molecule has 1 aliphatic rings. The van der Waals surface area contributed by atoms with E-state index in [2.05, 4.69) is 0 Å². The molecule has 1 heterocycles. The van der Waals surface area contributed by atoms with Crippen LogP contribution >= 0.6 is 0 Å². The molecule has 2 rings (SSSR count). The fourth-order valence-corrected chi connectivity index (χ4v) is 2.88. The van der Waals surface area contributed by atoms with Crippen molar-refractivity contribution in [3.8, 4) is 0 Å². The third kappa shape index (κ3) is 3.24. The highest BCUT2D eigenvalue weighted by atomic mass is 16.6. The third-order valence-electron chi connectivity index (χ3n) is 4.14. The first-order chi connectivity index (χ1) is 10.8. The van der Waals surface area contributed by atoms with Gasteiger partial charge in [0.1, 0.15) is 5.54 Å². The van der Waals surface area contributed by atoms with Crippen molar-refractivity contribution >= 4 is 17.7 Å². The van der Waals surface area contributed by atoms with Crippen LogP contribution in [0.3, 0.4) is 0 Å². The Morgan fingerprint density at radius 2 is 1.96 bits per heavy atom. The van der Waals surface area contributed by atoms with Crippen LogP contribution < -0.4 is 5.73 Å². The van der Waals surface area contributed by atoms with Crippen LogP contribution in [0, 0.1) is 10.1 Å². The lowest BCUT2D eigenvalue weighted by Crippen LogP contribution is -2.64. The molecule has 0 radical (unpaired) electrons. The highest BCUT2D eigenvalue weighted by Gasteiger charge is 2.49. The summed E-state index contributed by atoms with van der Waals surface area (Å²) < 4.78 is 0. The lowest BCUT2D eigenvalue weighted by Gasteiger charge is -2.44. The number of carboxylic acids is 1. The first-order valence-corrected chi connectivity index (χ1v) is 6.99. The van der Waals surface area contributed by atoms with Crippen LogP contribution in [0.5, 0.6) is 0 Å². The minimum atomic E-state index is -1.61. The van der Waals surface area contributed by atoms with Crippen molar-refractivity contribution in [2.24, 2.45) is 5.73 Å². The second-order valence-electron chi connectivity index (χ2n) is 5.63. The van der Waals surface area contributed by atoms with Gasteiger partial charge in [-0.2, -0.15) is 0 Å². The quantitative estimate of drug-likeness (QED) is 0.554. The molecule has 23 heavy (non-hydrogen) atoms. The van der Waals surface area contributed by atoms with Gasteiger partial charge < -0.3 is 15.9 Å². The molecule has 0 aliphatic carbocycles. The number of aliphatic carboxylic acids is 1. The molecule has 0 spiro atoms. The first-order valence-electron chi connectivity index (χ1n) is 6.99. The number of nitrogens with zero attached hydrogens (tertiary/aromatic N) is 2. The second kappa shape index (κ2) is 6.21. The molecule has 124 valence electrons. The summed E-state index contributed by atoms with van der Waals surface area (Å²) in [5.41, 5.74) is 4.55. The maximum absolute atomic E-state index is 11.8. The summed E-state index contributed by atoms with van der Waals surface area (Å²) >= 11 is 0. The van der Waals surface area contributed by atoms with Gasteiger partial charge in [-0.05, 0) is 18.4 Å². The highest BCUT2D eigenvalue weighted by Crippen LogP contribution is 2.32. The zero-order chi connectivity index (χ0) is 17.2. The van der Waals surface area contributed by atoms with E-state index in [4.69, 9.17) is 5.73 Å². The molecule has 0 bridgehead atoms. The third-order valence-corrected chi connectivity index (χ3v) is 4.14. The van der Waals surface area contributed by atoms with Gasteiger partial charge in [-0.1, -0.05) is 12.1 Å². The molecule has 4 N–H and O–H groups in total. The van der Waals surface area contributed by atoms with E-state index >= 15 is 0 Å². The van der Waals surface area contributed by atoms with Gasteiger partial charge in [-0.15, -0.1) is 0 Å². The Morgan fingerprint density at radius 1 is 1.35 bits per heavy atom. The summed E-state index contributed by atoms with van der Waals surface area (Å²) in [5.74, 6) is -1.25. The van der Waals surface area contributed by atoms with Crippen LogP contribution in [0.2, 0.25) is 0 Å². The molecule has 1 saturated heterocycles. The lowest BCUT2D eigenvalue weighted by atomic mass is 9.80. The molecule has 0 aromatic heterocycles. The lowest BCUT2D eigenvalue weighted by molar-refractivity contribution is -0.384. The molecule has 1 fully saturated rings. The predicted molar refractivity (Wildman–Crippen MR) is 79.1 cm³/mol. The summed E-state index contributed by atoms with van der Waals surface area (Å²) in [5, 5.41) is 29.7. The number of piperidine rings is 1. The van der Waals surface area contributed by atoms with Crippen molar-refractivity contribution < 1.29 is 24.7 Å². The number of non-ortho nitro benzene ring substituents is 1. The number of hydrogen-bond donors (Lipinski definition) is 3. The largest absolute Gasteiger partial charge is 0.479 e. The topological polar surface area (TPSA) is 147 Å². The van der Waals surface area contributed by atoms with Crippen LogP contribution in [0.1, 0.15) is 18.4 Å². The number of benzene rings is 1. The number of hydrogen-bond acceptors (Lipinski definition) is 5. The van der Waals surface area contributed by atoms with Crippen molar-refractivity contribution in [1.82, 2.24) is 4.90 Å². The van der Waals surface area contributed by atoms with Gasteiger partial charge in [0.2, 0.25) is 0 Å². The van der Waals surface area contributed by atoms with E-state index in [1.165, 1.54) is 24.3 Å². The van der Waals surface area contributed by atoms with Crippen LogP contribution in [-0.4, -0.2) is 50.2 Å². The summed E-state index contributed by atoms with van der Waals surface area (Å²) in [7, 11) is 0. The Morgan fingerprint density at radius 3 is 2.43 bits per heavy atom. The fraction of sp³-hybridized carbons (Fsp3) is 0.429. The van der Waals surface area contributed by atoms with E-state index in [0.717, 1.165) is 4.90 Å². The van der Waals surface area contributed by atoms with E-state index in [1.807, 2.05) is 0 Å². The molecule has 1 aliphatic heterocycles. The number of carbonyl (C=O) groups is 2. The molecule has 1 aromatic carbocycles. The molecule has 9 heteroatoms. The van der Waals surface area contributed by atoms with Crippen molar-refractivity contribution in [3.05, 3.63) is 39.9 Å². The maximum Gasteiger partial charge on any atom is 0.408 e. The van der Waals surface area contributed by atoms with E-state index < -0.39 is 28.6 Å². The highest BCUT2D eigenvalue weighted by molar-refractivity contribution is 5.84. The maximum atomic E-state index is 11.8. The van der Waals surface area contributed by atoms with Crippen LogP contribution in [0.25, 0.3) is 0 Å².